The molecule has 0 bridgehead atoms. The van der Waals surface area contributed by atoms with E-state index in [1.165, 1.54) is 6.26 Å². The maximum Gasteiger partial charge on any atom is 0.417 e. The number of hydrogen-bond acceptors (Lipinski definition) is 5. The van der Waals surface area contributed by atoms with E-state index in [-0.39, 0.29) is 11.8 Å². The molecule has 0 atom stereocenters. The summed E-state index contributed by atoms with van der Waals surface area (Å²) in [7, 11) is 0. The van der Waals surface area contributed by atoms with E-state index in [2.05, 4.69) is 4.98 Å². The number of amides is 2. The monoisotopic (exact) mass is 369 g/mol. The van der Waals surface area contributed by atoms with Gasteiger partial charge in [0.2, 0.25) is 5.91 Å². The van der Waals surface area contributed by atoms with Gasteiger partial charge in [-0.25, -0.2) is 4.79 Å². The third-order valence-electron chi connectivity index (χ3n) is 4.76. The zero-order valence-electron chi connectivity index (χ0n) is 14.6. The fourth-order valence-corrected chi connectivity index (χ4v) is 3.28. The first-order valence-electron chi connectivity index (χ1n) is 8.82. The van der Waals surface area contributed by atoms with Gasteiger partial charge in [0.25, 0.3) is 5.91 Å². The highest BCUT2D eigenvalue weighted by molar-refractivity contribution is 5.91. The van der Waals surface area contributed by atoms with Crippen molar-refractivity contribution in [1.29, 1.82) is 0 Å². The molecule has 3 aromatic rings. The number of aromatic nitrogens is 1. The quantitative estimate of drug-likeness (QED) is 0.753. The Bertz CT molecular complexity index is 1010. The van der Waals surface area contributed by atoms with Crippen LogP contribution in [-0.4, -0.2) is 52.8 Å². The van der Waals surface area contributed by atoms with Gasteiger partial charge in [-0.3, -0.25) is 14.6 Å². The van der Waals surface area contributed by atoms with Crippen LogP contribution in [0.4, 0.5) is 0 Å². The molecule has 4 rings (SSSR count). The summed E-state index contributed by atoms with van der Waals surface area (Å²) < 4.78 is 10.1. The molecule has 2 amide bonds. The number of nitrogens with zero attached hydrogens (tertiary/aromatic N) is 2. The van der Waals surface area contributed by atoms with Crippen LogP contribution in [0.2, 0.25) is 0 Å². The summed E-state index contributed by atoms with van der Waals surface area (Å²) in [6, 6.07) is 8.74. The molecule has 1 fully saturated rings. The third-order valence-corrected chi connectivity index (χ3v) is 4.76. The molecule has 0 radical (unpaired) electrons. The first kappa shape index (κ1) is 17.1. The molecular weight excluding hydrogens is 350 g/mol. The average Bonchev–Trinajstić information content (AvgIpc) is 3.34. The standard InChI is InChI=1S/C19H19N3O5/c23-17(6-4-13-3-5-15-14(12-13)20-19(25)27-15)21-7-9-22(10-8-21)18(24)16-2-1-11-26-16/h1-3,5,11-12H,4,6-10H2,(H,20,25). The molecule has 8 heteroatoms. The number of rotatable bonds is 4. The molecule has 3 heterocycles. The normalized spacial score (nSPS) is 14.7. The Kier molecular flexibility index (Phi) is 4.53. The smallest absolute Gasteiger partial charge is 0.417 e. The number of furan rings is 1. The zero-order chi connectivity index (χ0) is 18.8. The van der Waals surface area contributed by atoms with E-state index in [0.29, 0.717) is 55.9 Å². The van der Waals surface area contributed by atoms with E-state index in [4.69, 9.17) is 8.83 Å². The second-order valence-corrected chi connectivity index (χ2v) is 6.50. The minimum Gasteiger partial charge on any atom is -0.459 e. The summed E-state index contributed by atoms with van der Waals surface area (Å²) in [4.78, 5) is 42.0. The molecule has 0 aliphatic carbocycles. The Morgan fingerprint density at radius 2 is 1.85 bits per heavy atom. The Morgan fingerprint density at radius 3 is 2.59 bits per heavy atom. The molecule has 1 aliphatic heterocycles. The number of piperazine rings is 1. The number of H-pyrrole nitrogens is 1. The van der Waals surface area contributed by atoms with Gasteiger partial charge in [-0.15, -0.1) is 0 Å². The second-order valence-electron chi connectivity index (χ2n) is 6.50. The number of aromatic amines is 1. The Hall–Kier alpha value is -3.29. The van der Waals surface area contributed by atoms with Crippen molar-refractivity contribution in [3.8, 4) is 0 Å². The van der Waals surface area contributed by atoms with E-state index >= 15 is 0 Å². The van der Waals surface area contributed by atoms with E-state index in [0.717, 1.165) is 5.56 Å². The first-order valence-corrected chi connectivity index (χ1v) is 8.82. The number of benzene rings is 1. The topological polar surface area (TPSA) is 99.8 Å². The summed E-state index contributed by atoms with van der Waals surface area (Å²) in [5.41, 5.74) is 2.10. The highest BCUT2D eigenvalue weighted by atomic mass is 16.4. The second kappa shape index (κ2) is 7.14. The summed E-state index contributed by atoms with van der Waals surface area (Å²) in [6.45, 7) is 2.01. The van der Waals surface area contributed by atoms with Gasteiger partial charge < -0.3 is 18.6 Å². The van der Waals surface area contributed by atoms with E-state index in [1.807, 2.05) is 12.1 Å². The van der Waals surface area contributed by atoms with E-state index in [9.17, 15) is 14.4 Å². The van der Waals surface area contributed by atoms with Crippen LogP contribution in [0.15, 0.2) is 50.2 Å². The minimum atomic E-state index is -0.486. The number of oxazole rings is 1. The zero-order valence-corrected chi connectivity index (χ0v) is 14.6. The van der Waals surface area contributed by atoms with E-state index in [1.54, 1.807) is 28.0 Å². The van der Waals surface area contributed by atoms with Gasteiger partial charge in [-0.05, 0) is 36.2 Å². The summed E-state index contributed by atoms with van der Waals surface area (Å²) in [5, 5.41) is 0. The van der Waals surface area contributed by atoms with E-state index < -0.39 is 5.76 Å². The maximum atomic E-state index is 12.5. The predicted octanol–water partition coefficient (Wildman–Crippen LogP) is 1.63. The highest BCUT2D eigenvalue weighted by Crippen LogP contribution is 2.15. The predicted molar refractivity (Wildman–Crippen MR) is 96.3 cm³/mol. The van der Waals surface area contributed by atoms with Gasteiger partial charge in [-0.2, -0.15) is 0 Å². The van der Waals surface area contributed by atoms with Crippen LogP contribution in [0.5, 0.6) is 0 Å². The molecule has 0 spiro atoms. The van der Waals surface area contributed by atoms with Crippen molar-refractivity contribution in [2.45, 2.75) is 12.8 Å². The Morgan fingerprint density at radius 1 is 1.07 bits per heavy atom. The number of fused-ring (bicyclic) bond motifs is 1. The summed E-state index contributed by atoms with van der Waals surface area (Å²) in [6.07, 6.45) is 2.43. The maximum absolute atomic E-state index is 12.5. The van der Waals surface area contributed by atoms with Crippen LogP contribution in [-0.2, 0) is 11.2 Å². The largest absolute Gasteiger partial charge is 0.459 e. The van der Waals surface area contributed by atoms with Crippen molar-refractivity contribution in [1.82, 2.24) is 14.8 Å². The van der Waals surface area contributed by atoms with Crippen molar-refractivity contribution in [3.63, 3.8) is 0 Å². The molecule has 1 saturated heterocycles. The van der Waals surface area contributed by atoms with Crippen LogP contribution >= 0.6 is 0 Å². The average molecular weight is 369 g/mol. The van der Waals surface area contributed by atoms with Crippen LogP contribution in [0.1, 0.15) is 22.5 Å². The molecule has 27 heavy (non-hydrogen) atoms. The molecule has 1 N–H and O–H groups in total. The van der Waals surface area contributed by atoms with Crippen LogP contribution in [0, 0.1) is 0 Å². The fraction of sp³-hybridized carbons (Fsp3) is 0.316. The lowest BCUT2D eigenvalue weighted by Crippen LogP contribution is -2.50. The molecule has 140 valence electrons. The van der Waals surface area contributed by atoms with Crippen molar-refractivity contribution >= 4 is 22.9 Å². The molecule has 8 nitrogen and oxygen atoms in total. The lowest BCUT2D eigenvalue weighted by atomic mass is 10.1. The number of carbonyl (C=O) groups is 2. The summed E-state index contributed by atoms with van der Waals surface area (Å²) >= 11 is 0. The number of carbonyl (C=O) groups excluding carboxylic acids is 2. The van der Waals surface area contributed by atoms with Gasteiger partial charge in [0, 0.05) is 32.6 Å². The molecule has 1 aromatic carbocycles. The van der Waals surface area contributed by atoms with Crippen molar-refractivity contribution in [2.24, 2.45) is 0 Å². The highest BCUT2D eigenvalue weighted by Gasteiger charge is 2.25. The van der Waals surface area contributed by atoms with Gasteiger partial charge in [0.05, 0.1) is 11.8 Å². The Balaban J connectivity index is 1.30. The van der Waals surface area contributed by atoms with Crippen molar-refractivity contribution in [3.05, 3.63) is 58.5 Å². The Labute approximate surface area is 154 Å². The minimum absolute atomic E-state index is 0.0564. The van der Waals surface area contributed by atoms with Crippen molar-refractivity contribution < 1.29 is 18.4 Å². The number of nitrogens with one attached hydrogen (secondary N) is 1. The van der Waals surface area contributed by atoms with Crippen molar-refractivity contribution in [2.75, 3.05) is 26.2 Å². The molecular formula is C19H19N3O5. The number of hydrogen-bond donors (Lipinski definition) is 1. The third kappa shape index (κ3) is 3.64. The molecule has 0 unspecified atom stereocenters. The van der Waals surface area contributed by atoms with Crippen LogP contribution in [0.25, 0.3) is 11.1 Å². The molecule has 2 aromatic heterocycles. The lowest BCUT2D eigenvalue weighted by Gasteiger charge is -2.34. The van der Waals surface area contributed by atoms with Crippen LogP contribution in [0.3, 0.4) is 0 Å². The molecule has 0 saturated carbocycles. The van der Waals surface area contributed by atoms with Gasteiger partial charge >= 0.3 is 5.76 Å². The summed E-state index contributed by atoms with van der Waals surface area (Å²) in [5.74, 6) is -0.252. The molecule has 1 aliphatic rings. The van der Waals surface area contributed by atoms with Gasteiger partial charge in [0.1, 0.15) is 0 Å². The van der Waals surface area contributed by atoms with Crippen LogP contribution < -0.4 is 5.76 Å². The van der Waals surface area contributed by atoms with Gasteiger partial charge in [-0.1, -0.05) is 6.07 Å². The fourth-order valence-electron chi connectivity index (χ4n) is 3.28. The SMILES string of the molecule is O=C(CCc1ccc2oc(=O)[nH]c2c1)N1CCN(C(=O)c2ccco2)CC1. The lowest BCUT2D eigenvalue weighted by molar-refractivity contribution is -0.132. The number of aryl methyl sites for hydroxylation is 1. The first-order chi connectivity index (χ1) is 13.1. The van der Waals surface area contributed by atoms with Gasteiger partial charge in [0.15, 0.2) is 11.3 Å².